The van der Waals surface area contributed by atoms with Crippen molar-refractivity contribution in [2.24, 2.45) is 0 Å². The predicted molar refractivity (Wildman–Crippen MR) is 77.3 cm³/mol. The third-order valence-corrected chi connectivity index (χ3v) is 4.62. The molecule has 1 aliphatic heterocycles. The highest BCUT2D eigenvalue weighted by molar-refractivity contribution is 7.16. The van der Waals surface area contributed by atoms with Crippen LogP contribution in [0.4, 0.5) is 5.13 Å². The molecule has 1 aromatic heterocycles. The third-order valence-electron chi connectivity index (χ3n) is 3.04. The number of halogens is 1. The van der Waals surface area contributed by atoms with E-state index < -0.39 is 0 Å². The van der Waals surface area contributed by atoms with Crippen LogP contribution in [0.2, 0.25) is 0 Å². The fraction of sp³-hybridized carbons (Fsp3) is 0.615. The average Bonchev–Trinajstić information content (AvgIpc) is 2.72. The van der Waals surface area contributed by atoms with E-state index in [1.165, 1.54) is 34.8 Å². The number of nitrogens with zero attached hydrogens (tertiary/aromatic N) is 2. The van der Waals surface area contributed by atoms with E-state index in [0.29, 0.717) is 5.88 Å². The maximum Gasteiger partial charge on any atom is 0.186 e. The van der Waals surface area contributed by atoms with Gasteiger partial charge >= 0.3 is 0 Å². The Hall–Kier alpha value is -0.540. The lowest BCUT2D eigenvalue weighted by Gasteiger charge is -2.25. The highest BCUT2D eigenvalue weighted by Gasteiger charge is 2.15. The normalized spacial score (nSPS) is 17.6. The van der Waals surface area contributed by atoms with Crippen LogP contribution in [0.1, 0.15) is 36.8 Å². The quantitative estimate of drug-likeness (QED) is 0.770. The zero-order valence-electron chi connectivity index (χ0n) is 10.5. The van der Waals surface area contributed by atoms with Crippen LogP contribution in [-0.2, 0) is 0 Å². The molecular weight excluding hydrogens is 252 g/mol. The van der Waals surface area contributed by atoms with E-state index in [4.69, 9.17) is 11.6 Å². The summed E-state index contributed by atoms with van der Waals surface area (Å²) in [5.74, 6) is 0.594. The number of piperidine rings is 1. The van der Waals surface area contributed by atoms with Gasteiger partial charge in [-0.15, -0.1) is 11.6 Å². The van der Waals surface area contributed by atoms with Gasteiger partial charge in [-0.3, -0.25) is 0 Å². The van der Waals surface area contributed by atoms with Crippen LogP contribution in [0, 0.1) is 6.92 Å². The predicted octanol–water partition coefficient (Wildman–Crippen LogP) is 4.08. The van der Waals surface area contributed by atoms with Crippen LogP contribution < -0.4 is 4.90 Å². The summed E-state index contributed by atoms with van der Waals surface area (Å²) < 4.78 is 0. The number of thiazole rings is 1. The molecule has 0 aliphatic carbocycles. The van der Waals surface area contributed by atoms with Crippen LogP contribution in [0.25, 0.3) is 6.08 Å². The van der Waals surface area contributed by atoms with Crippen LogP contribution >= 0.6 is 22.9 Å². The summed E-state index contributed by atoms with van der Waals surface area (Å²) in [6, 6.07) is 0. The van der Waals surface area contributed by atoms with Gasteiger partial charge in [0.1, 0.15) is 0 Å². The summed E-state index contributed by atoms with van der Waals surface area (Å²) >= 11 is 7.60. The number of anilines is 1. The molecule has 17 heavy (non-hydrogen) atoms. The summed E-state index contributed by atoms with van der Waals surface area (Å²) in [6.07, 6.45) is 6.11. The Morgan fingerprint density at radius 2 is 2.12 bits per heavy atom. The molecule has 0 spiro atoms. The van der Waals surface area contributed by atoms with Crippen molar-refractivity contribution in [3.05, 3.63) is 16.1 Å². The van der Waals surface area contributed by atoms with Crippen molar-refractivity contribution >= 4 is 34.1 Å². The Bertz CT molecular complexity index is 406. The van der Waals surface area contributed by atoms with E-state index >= 15 is 0 Å². The molecule has 1 saturated heterocycles. The van der Waals surface area contributed by atoms with Crippen molar-refractivity contribution in [2.75, 3.05) is 23.9 Å². The lowest BCUT2D eigenvalue weighted by Crippen LogP contribution is -2.29. The minimum absolute atomic E-state index is 0.594. The van der Waals surface area contributed by atoms with E-state index in [-0.39, 0.29) is 0 Å². The largest absolute Gasteiger partial charge is 0.348 e. The second-order valence-corrected chi connectivity index (χ2v) is 5.89. The summed E-state index contributed by atoms with van der Waals surface area (Å²) in [6.45, 7) is 6.46. The molecule has 94 valence electrons. The van der Waals surface area contributed by atoms with E-state index in [0.717, 1.165) is 18.8 Å². The average molecular weight is 271 g/mol. The molecule has 0 aromatic carbocycles. The van der Waals surface area contributed by atoms with Crippen LogP contribution in [0.5, 0.6) is 0 Å². The van der Waals surface area contributed by atoms with Crippen LogP contribution in [-0.4, -0.2) is 24.0 Å². The van der Waals surface area contributed by atoms with E-state index in [1.54, 1.807) is 11.3 Å². The Labute approximate surface area is 112 Å². The zero-order chi connectivity index (χ0) is 12.3. The van der Waals surface area contributed by atoms with E-state index in [9.17, 15) is 0 Å². The van der Waals surface area contributed by atoms with Crippen molar-refractivity contribution in [3.8, 4) is 0 Å². The summed E-state index contributed by atoms with van der Waals surface area (Å²) in [5.41, 5.74) is 2.32. The maximum absolute atomic E-state index is 5.82. The molecule has 1 aromatic rings. The van der Waals surface area contributed by atoms with Crippen LogP contribution in [0.3, 0.4) is 0 Å². The number of allylic oxidation sites excluding steroid dienone is 1. The first-order valence-electron chi connectivity index (χ1n) is 6.16. The first kappa shape index (κ1) is 12.9. The van der Waals surface area contributed by atoms with E-state index in [2.05, 4.69) is 29.8 Å². The van der Waals surface area contributed by atoms with Gasteiger partial charge in [0, 0.05) is 19.0 Å². The molecule has 0 N–H and O–H groups in total. The molecule has 1 fully saturated rings. The number of hydrogen-bond donors (Lipinski definition) is 0. The van der Waals surface area contributed by atoms with Crippen molar-refractivity contribution in [3.63, 3.8) is 0 Å². The van der Waals surface area contributed by atoms with E-state index in [1.807, 2.05) is 0 Å². The highest BCUT2D eigenvalue weighted by atomic mass is 35.5. The molecule has 0 saturated carbocycles. The second-order valence-electron chi connectivity index (χ2n) is 4.62. The van der Waals surface area contributed by atoms with Crippen LogP contribution in [0.15, 0.2) is 5.57 Å². The Morgan fingerprint density at radius 3 is 2.76 bits per heavy atom. The third kappa shape index (κ3) is 3.23. The molecule has 0 radical (unpaired) electrons. The monoisotopic (exact) mass is 270 g/mol. The van der Waals surface area contributed by atoms with Gasteiger partial charge in [0.2, 0.25) is 0 Å². The fourth-order valence-electron chi connectivity index (χ4n) is 2.01. The Morgan fingerprint density at radius 1 is 1.41 bits per heavy atom. The number of rotatable bonds is 3. The van der Waals surface area contributed by atoms with Gasteiger partial charge < -0.3 is 4.90 Å². The van der Waals surface area contributed by atoms with Gasteiger partial charge in [-0.1, -0.05) is 16.9 Å². The van der Waals surface area contributed by atoms with Crippen molar-refractivity contribution < 1.29 is 0 Å². The highest BCUT2D eigenvalue weighted by Crippen LogP contribution is 2.29. The molecule has 2 heterocycles. The van der Waals surface area contributed by atoms with Gasteiger partial charge in [0.25, 0.3) is 0 Å². The van der Waals surface area contributed by atoms with Gasteiger partial charge in [-0.2, -0.15) is 0 Å². The maximum atomic E-state index is 5.82. The molecular formula is C13H19ClN2S. The number of aryl methyl sites for hydroxylation is 1. The van der Waals surface area contributed by atoms with Gasteiger partial charge in [0.05, 0.1) is 10.6 Å². The molecule has 1 aliphatic rings. The molecule has 0 bridgehead atoms. The Kier molecular flexibility index (Phi) is 4.46. The SMILES string of the molecule is CC(=Cc1sc(N2CCCCC2)nc1C)CCl. The number of hydrogen-bond acceptors (Lipinski definition) is 3. The van der Waals surface area contributed by atoms with Gasteiger partial charge in [-0.05, 0) is 39.2 Å². The zero-order valence-corrected chi connectivity index (χ0v) is 12.1. The molecule has 0 amide bonds. The molecule has 2 rings (SSSR count). The standard InChI is InChI=1S/C13H19ClN2S/c1-10(9-14)8-12-11(2)15-13(17-12)16-6-4-3-5-7-16/h8H,3-7,9H2,1-2H3. The lowest BCUT2D eigenvalue weighted by molar-refractivity contribution is 0.576. The number of aromatic nitrogens is 1. The van der Waals surface area contributed by atoms with Crippen molar-refractivity contribution in [1.82, 2.24) is 4.98 Å². The minimum atomic E-state index is 0.594. The van der Waals surface area contributed by atoms with Gasteiger partial charge in [-0.25, -0.2) is 4.98 Å². The van der Waals surface area contributed by atoms with Crippen molar-refractivity contribution in [1.29, 1.82) is 0 Å². The minimum Gasteiger partial charge on any atom is -0.348 e. The summed E-state index contributed by atoms with van der Waals surface area (Å²) in [4.78, 5) is 8.34. The number of alkyl halides is 1. The first-order valence-corrected chi connectivity index (χ1v) is 7.51. The second kappa shape index (κ2) is 5.87. The molecule has 4 heteroatoms. The molecule has 2 nitrogen and oxygen atoms in total. The topological polar surface area (TPSA) is 16.1 Å². The van der Waals surface area contributed by atoms with Gasteiger partial charge in [0.15, 0.2) is 5.13 Å². The fourth-order valence-corrected chi connectivity index (χ4v) is 3.23. The molecule has 0 atom stereocenters. The van der Waals surface area contributed by atoms with Crippen molar-refractivity contribution in [2.45, 2.75) is 33.1 Å². The molecule has 0 unspecified atom stereocenters. The Balaban J connectivity index is 2.17. The first-order chi connectivity index (χ1) is 8.20. The lowest BCUT2D eigenvalue weighted by atomic mass is 10.1. The smallest absolute Gasteiger partial charge is 0.186 e. The summed E-state index contributed by atoms with van der Waals surface area (Å²) in [7, 11) is 0. The summed E-state index contributed by atoms with van der Waals surface area (Å²) in [5, 5.41) is 1.18.